The summed E-state index contributed by atoms with van der Waals surface area (Å²) in [4.78, 5) is 18.8. The van der Waals surface area contributed by atoms with Crippen molar-refractivity contribution in [3.05, 3.63) is 90.6 Å². The van der Waals surface area contributed by atoms with Crippen molar-refractivity contribution in [3.63, 3.8) is 0 Å². The SMILES string of the molecule is CN(Cc1ccncc1)C(=O)c1cc(-c2ccco2)nn1-c1ccccc1. The van der Waals surface area contributed by atoms with E-state index in [2.05, 4.69) is 10.1 Å². The van der Waals surface area contributed by atoms with Crippen LogP contribution in [-0.2, 0) is 6.54 Å². The first-order chi connectivity index (χ1) is 13.2. The molecule has 6 nitrogen and oxygen atoms in total. The lowest BCUT2D eigenvalue weighted by Gasteiger charge is -2.17. The molecule has 1 amide bonds. The van der Waals surface area contributed by atoms with E-state index in [1.54, 1.807) is 47.4 Å². The quantitative estimate of drug-likeness (QED) is 0.544. The summed E-state index contributed by atoms with van der Waals surface area (Å²) in [6.07, 6.45) is 5.03. The van der Waals surface area contributed by atoms with Crippen LogP contribution in [0.25, 0.3) is 17.1 Å². The zero-order chi connectivity index (χ0) is 18.6. The number of benzene rings is 1. The highest BCUT2D eigenvalue weighted by molar-refractivity contribution is 5.94. The van der Waals surface area contributed by atoms with Gasteiger partial charge in [0.1, 0.15) is 11.4 Å². The van der Waals surface area contributed by atoms with Crippen LogP contribution in [0.4, 0.5) is 0 Å². The second-order valence-corrected chi connectivity index (χ2v) is 6.16. The first kappa shape index (κ1) is 16.8. The van der Waals surface area contributed by atoms with Crippen LogP contribution in [0, 0.1) is 0 Å². The fourth-order valence-electron chi connectivity index (χ4n) is 2.87. The Kier molecular flexibility index (Phi) is 4.53. The first-order valence-electron chi connectivity index (χ1n) is 8.56. The summed E-state index contributed by atoms with van der Waals surface area (Å²) in [6.45, 7) is 0.484. The number of amides is 1. The maximum Gasteiger partial charge on any atom is 0.272 e. The Balaban J connectivity index is 1.71. The fraction of sp³-hybridized carbons (Fsp3) is 0.0952. The average molecular weight is 358 g/mol. The summed E-state index contributed by atoms with van der Waals surface area (Å²) in [7, 11) is 1.78. The van der Waals surface area contributed by atoms with Crippen LogP contribution in [0.3, 0.4) is 0 Å². The van der Waals surface area contributed by atoms with Crippen molar-refractivity contribution < 1.29 is 9.21 Å². The van der Waals surface area contributed by atoms with E-state index in [1.807, 2.05) is 48.5 Å². The van der Waals surface area contributed by atoms with Crippen LogP contribution >= 0.6 is 0 Å². The smallest absolute Gasteiger partial charge is 0.272 e. The molecule has 0 atom stereocenters. The summed E-state index contributed by atoms with van der Waals surface area (Å²) in [5, 5.41) is 4.60. The minimum atomic E-state index is -0.124. The van der Waals surface area contributed by atoms with Gasteiger partial charge in [-0.25, -0.2) is 4.68 Å². The molecule has 0 aliphatic heterocycles. The highest BCUT2D eigenvalue weighted by Crippen LogP contribution is 2.23. The number of carbonyl (C=O) groups is 1. The molecule has 0 aliphatic rings. The maximum atomic E-state index is 13.1. The number of aromatic nitrogens is 3. The van der Waals surface area contributed by atoms with Crippen LogP contribution < -0.4 is 0 Å². The Morgan fingerprint density at radius 1 is 1.07 bits per heavy atom. The Bertz CT molecular complexity index is 1020. The molecule has 3 heterocycles. The van der Waals surface area contributed by atoms with Gasteiger partial charge in [-0.15, -0.1) is 0 Å². The third-order valence-electron chi connectivity index (χ3n) is 4.22. The fourth-order valence-corrected chi connectivity index (χ4v) is 2.87. The first-order valence-corrected chi connectivity index (χ1v) is 8.56. The molecule has 4 aromatic rings. The largest absolute Gasteiger partial charge is 0.463 e. The van der Waals surface area contributed by atoms with Gasteiger partial charge in [0.05, 0.1) is 12.0 Å². The molecule has 0 aliphatic carbocycles. The van der Waals surface area contributed by atoms with Gasteiger partial charge in [0.2, 0.25) is 0 Å². The second-order valence-electron chi connectivity index (χ2n) is 6.16. The predicted octanol–water partition coefficient (Wildman–Crippen LogP) is 3.80. The molecule has 0 N–H and O–H groups in total. The molecule has 27 heavy (non-hydrogen) atoms. The normalized spacial score (nSPS) is 10.7. The van der Waals surface area contributed by atoms with E-state index in [4.69, 9.17) is 4.42 Å². The van der Waals surface area contributed by atoms with Crippen molar-refractivity contribution in [2.75, 3.05) is 7.05 Å². The predicted molar refractivity (Wildman–Crippen MR) is 101 cm³/mol. The monoisotopic (exact) mass is 358 g/mol. The highest BCUT2D eigenvalue weighted by atomic mass is 16.3. The van der Waals surface area contributed by atoms with Crippen molar-refractivity contribution in [3.8, 4) is 17.1 Å². The highest BCUT2D eigenvalue weighted by Gasteiger charge is 2.21. The van der Waals surface area contributed by atoms with Gasteiger partial charge in [-0.05, 0) is 42.0 Å². The van der Waals surface area contributed by atoms with Crippen molar-refractivity contribution in [1.29, 1.82) is 0 Å². The molecule has 4 rings (SSSR count). The van der Waals surface area contributed by atoms with Gasteiger partial charge in [0.25, 0.3) is 5.91 Å². The Hall–Kier alpha value is -3.67. The molecule has 0 saturated heterocycles. The third-order valence-corrected chi connectivity index (χ3v) is 4.22. The van der Waals surface area contributed by atoms with Crippen molar-refractivity contribution >= 4 is 5.91 Å². The lowest BCUT2D eigenvalue weighted by Crippen LogP contribution is -2.28. The zero-order valence-corrected chi connectivity index (χ0v) is 14.8. The molecular weight excluding hydrogens is 340 g/mol. The minimum absolute atomic E-state index is 0.124. The number of hydrogen-bond acceptors (Lipinski definition) is 4. The Morgan fingerprint density at radius 2 is 1.85 bits per heavy atom. The van der Waals surface area contributed by atoms with Gasteiger partial charge in [0, 0.05) is 32.1 Å². The molecule has 0 saturated carbocycles. The molecule has 0 unspecified atom stereocenters. The lowest BCUT2D eigenvalue weighted by molar-refractivity contribution is 0.0776. The van der Waals surface area contributed by atoms with Crippen molar-refractivity contribution in [2.45, 2.75) is 6.54 Å². The number of nitrogens with zero attached hydrogens (tertiary/aromatic N) is 4. The molecule has 6 heteroatoms. The van der Waals surface area contributed by atoms with Crippen molar-refractivity contribution in [2.24, 2.45) is 0 Å². The average Bonchev–Trinajstić information content (AvgIpc) is 3.38. The summed E-state index contributed by atoms with van der Waals surface area (Å²) < 4.78 is 7.11. The van der Waals surface area contributed by atoms with Crippen molar-refractivity contribution in [1.82, 2.24) is 19.7 Å². The summed E-state index contributed by atoms with van der Waals surface area (Å²) >= 11 is 0. The zero-order valence-electron chi connectivity index (χ0n) is 14.8. The number of para-hydroxylation sites is 1. The number of rotatable bonds is 5. The van der Waals surface area contributed by atoms with Gasteiger partial charge in [-0.1, -0.05) is 18.2 Å². The van der Waals surface area contributed by atoms with Crippen LogP contribution in [-0.4, -0.2) is 32.6 Å². The van der Waals surface area contributed by atoms with E-state index in [0.29, 0.717) is 23.7 Å². The Morgan fingerprint density at radius 3 is 2.56 bits per heavy atom. The molecule has 0 radical (unpaired) electrons. The van der Waals surface area contributed by atoms with E-state index < -0.39 is 0 Å². The minimum Gasteiger partial charge on any atom is -0.463 e. The Labute approximate surface area is 156 Å². The van der Waals surface area contributed by atoms with E-state index >= 15 is 0 Å². The summed E-state index contributed by atoms with van der Waals surface area (Å²) in [5.41, 5.74) is 2.92. The van der Waals surface area contributed by atoms with Gasteiger partial charge in [0.15, 0.2) is 5.76 Å². The summed E-state index contributed by atoms with van der Waals surface area (Å²) in [5.74, 6) is 0.497. The number of hydrogen-bond donors (Lipinski definition) is 0. The molecule has 3 aromatic heterocycles. The van der Waals surface area contributed by atoms with Crippen LogP contribution in [0.5, 0.6) is 0 Å². The van der Waals surface area contributed by atoms with Crippen LogP contribution in [0.2, 0.25) is 0 Å². The molecular formula is C21H18N4O2. The number of carbonyl (C=O) groups excluding carboxylic acids is 1. The molecule has 134 valence electrons. The second kappa shape index (κ2) is 7.29. The standard InChI is InChI=1S/C21H18N4O2/c1-24(15-16-9-11-22-12-10-16)21(26)19-14-18(20-8-5-13-27-20)23-25(19)17-6-3-2-4-7-17/h2-14H,15H2,1H3. The molecule has 0 fully saturated rings. The molecule has 1 aromatic carbocycles. The molecule has 0 bridgehead atoms. The number of furan rings is 1. The van der Waals surface area contributed by atoms with E-state index in [0.717, 1.165) is 11.3 Å². The molecule has 0 spiro atoms. The topological polar surface area (TPSA) is 64.2 Å². The summed E-state index contributed by atoms with van der Waals surface area (Å²) in [6, 6.07) is 18.8. The van der Waals surface area contributed by atoms with Gasteiger partial charge in [-0.3, -0.25) is 9.78 Å². The van der Waals surface area contributed by atoms with Crippen LogP contribution in [0.1, 0.15) is 16.1 Å². The van der Waals surface area contributed by atoms with Gasteiger partial charge >= 0.3 is 0 Å². The van der Waals surface area contributed by atoms with E-state index in [-0.39, 0.29) is 5.91 Å². The number of pyridine rings is 1. The van der Waals surface area contributed by atoms with E-state index in [1.165, 1.54) is 0 Å². The lowest BCUT2D eigenvalue weighted by atomic mass is 10.2. The van der Waals surface area contributed by atoms with Gasteiger partial charge < -0.3 is 9.32 Å². The third kappa shape index (κ3) is 3.50. The van der Waals surface area contributed by atoms with Gasteiger partial charge in [-0.2, -0.15) is 5.10 Å². The van der Waals surface area contributed by atoms with E-state index in [9.17, 15) is 4.79 Å². The van der Waals surface area contributed by atoms with Crippen LogP contribution in [0.15, 0.2) is 83.7 Å². The maximum absolute atomic E-state index is 13.1.